The summed E-state index contributed by atoms with van der Waals surface area (Å²) in [6.07, 6.45) is -0.940. The lowest BCUT2D eigenvalue weighted by Gasteiger charge is -2.39. The van der Waals surface area contributed by atoms with Crippen LogP contribution >= 0.6 is 0 Å². The summed E-state index contributed by atoms with van der Waals surface area (Å²) in [6, 6.07) is -1.23. The Kier molecular flexibility index (Phi) is 25.2. The van der Waals surface area contributed by atoms with E-state index < -0.39 is 98.6 Å². The molecule has 1 heterocycles. The van der Waals surface area contributed by atoms with Gasteiger partial charge in [-0.1, -0.05) is 116 Å². The Bertz CT molecular complexity index is 1110. The SMILES string of the molecule is CCCCCCCCCCCCCCNC(=O)[C@@H](CO[C@@H]1O[C@H](CO)[C@H](O)[C@H](O)[C@H]1O)NC(=O)CCCCCCCCCCC(F)(F)C(F)(F)C(F)(F)C(F)(F)F. The third-order valence-corrected chi connectivity index (χ3v) is 10.1. The highest BCUT2D eigenvalue weighted by molar-refractivity contribution is 5.87. The third-order valence-electron chi connectivity index (χ3n) is 10.1. The molecule has 10 nitrogen and oxygen atoms in total. The topological polar surface area (TPSA) is 158 Å². The van der Waals surface area contributed by atoms with Gasteiger partial charge in [-0.25, -0.2) is 0 Å². The van der Waals surface area contributed by atoms with Gasteiger partial charge in [0.2, 0.25) is 11.8 Å². The molecule has 0 spiro atoms. The Labute approximate surface area is 330 Å². The van der Waals surface area contributed by atoms with E-state index in [1.165, 1.54) is 44.9 Å². The van der Waals surface area contributed by atoms with Crippen LogP contribution in [0, 0.1) is 0 Å². The second-order valence-corrected chi connectivity index (χ2v) is 15.0. The van der Waals surface area contributed by atoms with Crippen molar-refractivity contribution in [2.45, 2.75) is 209 Å². The molecule has 1 aliphatic heterocycles. The molecule has 6 atom stereocenters. The van der Waals surface area contributed by atoms with E-state index in [0.717, 1.165) is 25.7 Å². The normalized spacial score (nSPS) is 21.4. The molecule has 0 aromatic heterocycles. The molecule has 0 aromatic rings. The van der Waals surface area contributed by atoms with Crippen molar-refractivity contribution in [2.24, 2.45) is 0 Å². The van der Waals surface area contributed by atoms with Crippen LogP contribution in [0.1, 0.15) is 148 Å². The van der Waals surface area contributed by atoms with Crippen molar-refractivity contribution in [3.63, 3.8) is 0 Å². The first-order valence-corrected chi connectivity index (χ1v) is 20.4. The Morgan fingerprint density at radius 3 is 1.61 bits per heavy atom. The lowest BCUT2D eigenvalue weighted by Crippen LogP contribution is -2.60. The lowest BCUT2D eigenvalue weighted by molar-refractivity contribution is -0.396. The highest BCUT2D eigenvalue weighted by atomic mass is 19.4. The maximum Gasteiger partial charge on any atom is 0.460 e. The van der Waals surface area contributed by atoms with E-state index in [-0.39, 0.29) is 19.3 Å². The molecular formula is C38H65F9N2O8. The first-order chi connectivity index (χ1) is 26.7. The first kappa shape index (κ1) is 53.1. The van der Waals surface area contributed by atoms with E-state index in [9.17, 15) is 69.5 Å². The number of hydrogen-bond acceptors (Lipinski definition) is 8. The Balaban J connectivity index is 2.47. The number of halogens is 9. The smallest absolute Gasteiger partial charge is 0.394 e. The summed E-state index contributed by atoms with van der Waals surface area (Å²) < 4.78 is 128. The summed E-state index contributed by atoms with van der Waals surface area (Å²) in [5, 5.41) is 45.2. The van der Waals surface area contributed by atoms with Crippen molar-refractivity contribution < 1.29 is 79.0 Å². The minimum atomic E-state index is -6.89. The number of aliphatic hydroxyl groups excluding tert-OH is 4. The van der Waals surface area contributed by atoms with Crippen molar-refractivity contribution >= 4 is 11.8 Å². The molecule has 0 bridgehead atoms. The minimum absolute atomic E-state index is 0.00554. The molecule has 6 N–H and O–H groups in total. The van der Waals surface area contributed by atoms with Crippen molar-refractivity contribution in [2.75, 3.05) is 19.8 Å². The second-order valence-electron chi connectivity index (χ2n) is 15.0. The van der Waals surface area contributed by atoms with Crippen LogP contribution in [0.2, 0.25) is 0 Å². The monoisotopic (exact) mass is 848 g/mol. The van der Waals surface area contributed by atoms with Gasteiger partial charge in [0.15, 0.2) is 6.29 Å². The Morgan fingerprint density at radius 1 is 0.649 bits per heavy atom. The van der Waals surface area contributed by atoms with Crippen LogP contribution in [0.3, 0.4) is 0 Å². The van der Waals surface area contributed by atoms with E-state index in [1.807, 2.05) is 0 Å². The predicted molar refractivity (Wildman–Crippen MR) is 193 cm³/mol. The number of unbranched alkanes of at least 4 members (excludes halogenated alkanes) is 18. The molecule has 1 fully saturated rings. The maximum atomic E-state index is 13.7. The summed E-state index contributed by atoms with van der Waals surface area (Å²) in [5.74, 6) is -20.1. The third kappa shape index (κ3) is 18.5. The van der Waals surface area contributed by atoms with Gasteiger partial charge in [-0.2, -0.15) is 39.5 Å². The van der Waals surface area contributed by atoms with Gasteiger partial charge in [0.25, 0.3) is 0 Å². The van der Waals surface area contributed by atoms with Crippen LogP contribution < -0.4 is 10.6 Å². The average Bonchev–Trinajstić information content (AvgIpc) is 3.14. The summed E-state index contributed by atoms with van der Waals surface area (Å²) in [7, 11) is 0. The van der Waals surface area contributed by atoms with E-state index in [1.54, 1.807) is 0 Å². The van der Waals surface area contributed by atoms with Crippen molar-refractivity contribution in [1.82, 2.24) is 10.6 Å². The first-order valence-electron chi connectivity index (χ1n) is 20.4. The van der Waals surface area contributed by atoms with Gasteiger partial charge >= 0.3 is 23.9 Å². The minimum Gasteiger partial charge on any atom is -0.394 e. The molecule has 0 aromatic carbocycles. The average molecular weight is 849 g/mol. The van der Waals surface area contributed by atoms with Crippen LogP contribution in [0.25, 0.3) is 0 Å². The van der Waals surface area contributed by atoms with Gasteiger partial charge in [-0.15, -0.1) is 0 Å². The predicted octanol–water partition coefficient (Wildman–Crippen LogP) is 7.47. The fourth-order valence-corrected chi connectivity index (χ4v) is 6.40. The fraction of sp³-hybridized carbons (Fsp3) is 0.947. The summed E-state index contributed by atoms with van der Waals surface area (Å²) in [4.78, 5) is 25.9. The van der Waals surface area contributed by atoms with E-state index in [4.69, 9.17) is 9.47 Å². The van der Waals surface area contributed by atoms with Crippen LogP contribution in [0.15, 0.2) is 0 Å². The molecule has 57 heavy (non-hydrogen) atoms. The number of hydrogen-bond donors (Lipinski definition) is 6. The molecule has 0 aliphatic carbocycles. The number of nitrogens with one attached hydrogen (secondary N) is 2. The van der Waals surface area contributed by atoms with Crippen LogP contribution in [-0.4, -0.2) is 113 Å². The zero-order valence-corrected chi connectivity index (χ0v) is 33.0. The largest absolute Gasteiger partial charge is 0.460 e. The Morgan fingerprint density at radius 2 is 1.12 bits per heavy atom. The molecule has 19 heteroatoms. The standard InChI is InChI=1S/C38H65F9N2O8/c1-2-3-4-5-6-7-8-9-12-15-18-21-24-48-33(55)27(26-56-34-32(54)31(53)30(52)28(25-50)57-34)49-29(51)22-19-16-13-10-11-14-17-20-23-35(39,40)36(41,42)37(43,44)38(45,46)47/h27-28,30-32,34,50,52-54H,2-26H2,1H3,(H,48,55)(H,49,51)/t27-,28-,30+,31+,32-,34-/m1/s1. The zero-order valence-electron chi connectivity index (χ0n) is 33.0. The second kappa shape index (κ2) is 27.0. The lowest BCUT2D eigenvalue weighted by atomic mass is 9.97. The number of carbonyl (C=O) groups is 2. The quantitative estimate of drug-likeness (QED) is 0.0301. The number of alkyl halides is 9. The highest BCUT2D eigenvalue weighted by Gasteiger charge is 2.81. The van der Waals surface area contributed by atoms with E-state index >= 15 is 0 Å². The van der Waals surface area contributed by atoms with E-state index in [2.05, 4.69) is 17.6 Å². The van der Waals surface area contributed by atoms with Crippen LogP contribution in [0.5, 0.6) is 0 Å². The molecule has 1 saturated heterocycles. The molecule has 0 radical (unpaired) electrons. The highest BCUT2D eigenvalue weighted by Crippen LogP contribution is 2.54. The molecule has 0 saturated carbocycles. The van der Waals surface area contributed by atoms with Gasteiger partial charge in [-0.3, -0.25) is 9.59 Å². The van der Waals surface area contributed by atoms with Gasteiger partial charge < -0.3 is 40.5 Å². The zero-order chi connectivity index (χ0) is 43.1. The molecule has 1 aliphatic rings. The van der Waals surface area contributed by atoms with Crippen molar-refractivity contribution in [3.05, 3.63) is 0 Å². The van der Waals surface area contributed by atoms with Gasteiger partial charge in [0.1, 0.15) is 30.5 Å². The van der Waals surface area contributed by atoms with E-state index in [0.29, 0.717) is 45.1 Å². The molecule has 2 amide bonds. The molecular weight excluding hydrogens is 783 g/mol. The fourth-order valence-electron chi connectivity index (χ4n) is 6.40. The number of ether oxygens (including phenoxy) is 2. The van der Waals surface area contributed by atoms with Crippen molar-refractivity contribution in [1.29, 1.82) is 0 Å². The number of carbonyl (C=O) groups excluding carboxylic acids is 2. The molecule has 0 unspecified atom stereocenters. The number of amides is 2. The summed E-state index contributed by atoms with van der Waals surface area (Å²) in [5.41, 5.74) is 0. The Hall–Kier alpha value is -1.93. The van der Waals surface area contributed by atoms with Gasteiger partial charge in [0, 0.05) is 19.4 Å². The van der Waals surface area contributed by atoms with Gasteiger partial charge in [-0.05, 0) is 19.3 Å². The van der Waals surface area contributed by atoms with Gasteiger partial charge in [0.05, 0.1) is 13.2 Å². The molecule has 338 valence electrons. The number of rotatable bonds is 32. The van der Waals surface area contributed by atoms with Crippen LogP contribution in [0.4, 0.5) is 39.5 Å². The molecule has 1 rings (SSSR count). The maximum absolute atomic E-state index is 13.7. The van der Waals surface area contributed by atoms with Crippen LogP contribution in [-0.2, 0) is 19.1 Å². The summed E-state index contributed by atoms with van der Waals surface area (Å²) in [6.45, 7) is 1.36. The number of aliphatic hydroxyl groups is 4. The van der Waals surface area contributed by atoms with Crippen molar-refractivity contribution in [3.8, 4) is 0 Å². The summed E-state index contributed by atoms with van der Waals surface area (Å²) >= 11 is 0.